The molecule has 0 unspecified atom stereocenters. The van der Waals surface area contributed by atoms with Crippen molar-refractivity contribution in [3.63, 3.8) is 0 Å². The Morgan fingerprint density at radius 3 is 2.55 bits per heavy atom. The summed E-state index contributed by atoms with van der Waals surface area (Å²) in [7, 11) is 0. The molecule has 0 atom stereocenters. The van der Waals surface area contributed by atoms with Crippen molar-refractivity contribution in [3.05, 3.63) is 65.4 Å². The Morgan fingerprint density at radius 2 is 1.82 bits per heavy atom. The van der Waals surface area contributed by atoms with Gasteiger partial charge in [-0.05, 0) is 32.0 Å². The Bertz CT molecular complexity index is 877. The highest BCUT2D eigenvalue weighted by Crippen LogP contribution is 2.25. The van der Waals surface area contributed by atoms with Gasteiger partial charge in [0, 0.05) is 22.2 Å². The molecular formula is C18H15NO3. The Hall–Kier alpha value is -2.88. The van der Waals surface area contributed by atoms with E-state index in [0.29, 0.717) is 16.8 Å². The summed E-state index contributed by atoms with van der Waals surface area (Å²) in [6, 6.07) is 14.4. The number of anilines is 1. The number of Topliss-reactive ketones (excluding diaryl/α,β-unsaturated/α-hetero) is 1. The maximum atomic E-state index is 12.4. The van der Waals surface area contributed by atoms with Gasteiger partial charge in [-0.2, -0.15) is 0 Å². The van der Waals surface area contributed by atoms with Crippen LogP contribution in [0, 0.1) is 6.92 Å². The van der Waals surface area contributed by atoms with Gasteiger partial charge in [-0.25, -0.2) is 0 Å². The predicted molar refractivity (Wildman–Crippen MR) is 85.4 cm³/mol. The topological polar surface area (TPSA) is 59.3 Å². The Labute approximate surface area is 127 Å². The van der Waals surface area contributed by atoms with Crippen molar-refractivity contribution in [1.29, 1.82) is 0 Å². The van der Waals surface area contributed by atoms with Crippen LogP contribution in [0.4, 0.5) is 5.69 Å². The lowest BCUT2D eigenvalue weighted by Crippen LogP contribution is -2.12. The summed E-state index contributed by atoms with van der Waals surface area (Å²) in [4.78, 5) is 23.8. The van der Waals surface area contributed by atoms with Gasteiger partial charge in [0.2, 0.25) is 0 Å². The molecule has 110 valence electrons. The van der Waals surface area contributed by atoms with E-state index in [2.05, 4.69) is 5.32 Å². The molecule has 0 spiro atoms. The van der Waals surface area contributed by atoms with E-state index in [4.69, 9.17) is 4.42 Å². The number of carbonyl (C=O) groups is 2. The van der Waals surface area contributed by atoms with Crippen LogP contribution in [0.1, 0.15) is 33.4 Å². The minimum atomic E-state index is -0.325. The van der Waals surface area contributed by atoms with Crippen LogP contribution in [-0.4, -0.2) is 11.7 Å². The maximum Gasteiger partial charge on any atom is 0.291 e. The van der Waals surface area contributed by atoms with Crippen LogP contribution in [0.3, 0.4) is 0 Å². The van der Waals surface area contributed by atoms with Crippen molar-refractivity contribution >= 4 is 28.3 Å². The molecule has 0 saturated carbocycles. The molecule has 22 heavy (non-hydrogen) atoms. The number of fused-ring (bicyclic) bond motifs is 1. The van der Waals surface area contributed by atoms with Crippen molar-refractivity contribution in [1.82, 2.24) is 0 Å². The van der Waals surface area contributed by atoms with Crippen LogP contribution in [-0.2, 0) is 0 Å². The summed E-state index contributed by atoms with van der Waals surface area (Å²) >= 11 is 0. The van der Waals surface area contributed by atoms with Gasteiger partial charge in [0.05, 0.1) is 0 Å². The van der Waals surface area contributed by atoms with Gasteiger partial charge >= 0.3 is 0 Å². The Balaban J connectivity index is 1.92. The van der Waals surface area contributed by atoms with Gasteiger partial charge < -0.3 is 9.73 Å². The van der Waals surface area contributed by atoms with Crippen molar-refractivity contribution in [2.24, 2.45) is 0 Å². The van der Waals surface area contributed by atoms with E-state index in [0.717, 1.165) is 10.9 Å². The molecule has 4 heteroatoms. The highest BCUT2D eigenvalue weighted by molar-refractivity contribution is 6.07. The quantitative estimate of drug-likeness (QED) is 0.736. The molecule has 3 aromatic rings. The Morgan fingerprint density at radius 1 is 1.05 bits per heavy atom. The molecule has 0 saturated heterocycles. The van der Waals surface area contributed by atoms with Crippen molar-refractivity contribution < 1.29 is 14.0 Å². The van der Waals surface area contributed by atoms with Crippen molar-refractivity contribution in [3.8, 4) is 0 Å². The lowest BCUT2D eigenvalue weighted by Gasteiger charge is -2.05. The minimum Gasteiger partial charge on any atom is -0.451 e. The molecule has 2 aromatic carbocycles. The summed E-state index contributed by atoms with van der Waals surface area (Å²) in [6.07, 6.45) is 0. The number of hydrogen-bond acceptors (Lipinski definition) is 3. The fourth-order valence-electron chi connectivity index (χ4n) is 2.39. The first kappa shape index (κ1) is 14.1. The molecule has 0 radical (unpaired) electrons. The second-order valence-electron chi connectivity index (χ2n) is 5.14. The number of aryl methyl sites for hydroxylation is 1. The lowest BCUT2D eigenvalue weighted by atomic mass is 10.1. The Kier molecular flexibility index (Phi) is 3.51. The van der Waals surface area contributed by atoms with E-state index < -0.39 is 0 Å². The number of nitrogens with one attached hydrogen (secondary N) is 1. The van der Waals surface area contributed by atoms with E-state index in [1.807, 2.05) is 31.2 Å². The van der Waals surface area contributed by atoms with E-state index in [-0.39, 0.29) is 17.5 Å². The molecule has 1 aromatic heterocycles. The molecule has 3 rings (SSSR count). The van der Waals surface area contributed by atoms with E-state index in [1.54, 1.807) is 24.3 Å². The normalized spacial score (nSPS) is 10.6. The van der Waals surface area contributed by atoms with Crippen LogP contribution in [0.5, 0.6) is 0 Å². The molecule has 0 fully saturated rings. The van der Waals surface area contributed by atoms with Crippen LogP contribution in [0.2, 0.25) is 0 Å². The number of hydrogen-bond donors (Lipinski definition) is 1. The van der Waals surface area contributed by atoms with Gasteiger partial charge in [-0.15, -0.1) is 0 Å². The van der Waals surface area contributed by atoms with Crippen LogP contribution < -0.4 is 5.32 Å². The van der Waals surface area contributed by atoms with Crippen LogP contribution in [0.15, 0.2) is 52.9 Å². The first-order chi connectivity index (χ1) is 10.6. The smallest absolute Gasteiger partial charge is 0.291 e. The standard InChI is InChI=1S/C18H15NO3/c1-11-15-8-3-4-9-16(15)22-17(11)18(21)19-14-7-5-6-13(10-14)12(2)20/h3-10H,1-2H3,(H,19,21). The summed E-state index contributed by atoms with van der Waals surface area (Å²) in [5.41, 5.74) is 2.61. The number of amides is 1. The second-order valence-corrected chi connectivity index (χ2v) is 5.14. The fourth-order valence-corrected chi connectivity index (χ4v) is 2.39. The summed E-state index contributed by atoms with van der Waals surface area (Å²) in [5, 5.41) is 3.69. The number of rotatable bonds is 3. The molecule has 0 aliphatic heterocycles. The van der Waals surface area contributed by atoms with Gasteiger partial charge in [0.1, 0.15) is 5.58 Å². The fraction of sp³-hybridized carbons (Fsp3) is 0.111. The number of furan rings is 1. The third-order valence-electron chi connectivity index (χ3n) is 3.58. The van der Waals surface area contributed by atoms with E-state index >= 15 is 0 Å². The summed E-state index contributed by atoms with van der Waals surface area (Å²) < 4.78 is 5.63. The van der Waals surface area contributed by atoms with Gasteiger partial charge in [-0.1, -0.05) is 30.3 Å². The average molecular weight is 293 g/mol. The first-order valence-electron chi connectivity index (χ1n) is 6.97. The van der Waals surface area contributed by atoms with E-state index in [1.165, 1.54) is 6.92 Å². The average Bonchev–Trinajstić information content (AvgIpc) is 2.85. The number of para-hydroxylation sites is 1. The van der Waals surface area contributed by atoms with Crippen molar-refractivity contribution in [2.45, 2.75) is 13.8 Å². The lowest BCUT2D eigenvalue weighted by molar-refractivity contribution is 0.0993. The largest absolute Gasteiger partial charge is 0.451 e. The monoisotopic (exact) mass is 293 g/mol. The SMILES string of the molecule is CC(=O)c1cccc(NC(=O)c2oc3ccccc3c2C)c1. The van der Waals surface area contributed by atoms with E-state index in [9.17, 15) is 9.59 Å². The summed E-state index contributed by atoms with van der Waals surface area (Å²) in [5.74, 6) is -0.0835. The van der Waals surface area contributed by atoms with Gasteiger partial charge in [-0.3, -0.25) is 9.59 Å². The first-order valence-corrected chi connectivity index (χ1v) is 6.97. The highest BCUT2D eigenvalue weighted by Gasteiger charge is 2.17. The molecule has 0 aliphatic carbocycles. The molecular weight excluding hydrogens is 278 g/mol. The summed E-state index contributed by atoms with van der Waals surface area (Å²) in [6.45, 7) is 3.34. The molecule has 0 aliphatic rings. The molecule has 1 amide bonds. The van der Waals surface area contributed by atoms with Crippen molar-refractivity contribution in [2.75, 3.05) is 5.32 Å². The zero-order chi connectivity index (χ0) is 15.7. The third-order valence-corrected chi connectivity index (χ3v) is 3.58. The zero-order valence-electron chi connectivity index (χ0n) is 12.3. The van der Waals surface area contributed by atoms with Crippen LogP contribution >= 0.6 is 0 Å². The highest BCUT2D eigenvalue weighted by atomic mass is 16.3. The van der Waals surface area contributed by atoms with Crippen LogP contribution in [0.25, 0.3) is 11.0 Å². The molecule has 4 nitrogen and oxygen atoms in total. The number of carbonyl (C=O) groups excluding carboxylic acids is 2. The van der Waals surface area contributed by atoms with Gasteiger partial charge in [0.15, 0.2) is 11.5 Å². The zero-order valence-corrected chi connectivity index (χ0v) is 12.3. The molecule has 0 bridgehead atoms. The minimum absolute atomic E-state index is 0.0454. The van der Waals surface area contributed by atoms with Gasteiger partial charge in [0.25, 0.3) is 5.91 Å². The molecule has 1 N–H and O–H groups in total. The number of ketones is 1. The third kappa shape index (κ3) is 2.51. The molecule has 1 heterocycles. The second kappa shape index (κ2) is 5.48. The maximum absolute atomic E-state index is 12.4. The number of benzene rings is 2. The predicted octanol–water partition coefficient (Wildman–Crippen LogP) is 4.20.